The van der Waals surface area contributed by atoms with Gasteiger partial charge in [0, 0.05) is 30.0 Å². The predicted octanol–water partition coefficient (Wildman–Crippen LogP) is 2.51. The Labute approximate surface area is 133 Å². The summed E-state index contributed by atoms with van der Waals surface area (Å²) in [6, 6.07) is 10.8. The molecule has 112 valence electrons. The van der Waals surface area contributed by atoms with Crippen LogP contribution in [0.2, 0.25) is 0 Å². The van der Waals surface area contributed by atoms with Gasteiger partial charge >= 0.3 is 0 Å². The Morgan fingerprint density at radius 1 is 1.27 bits per heavy atom. The van der Waals surface area contributed by atoms with Gasteiger partial charge in [-0.05, 0) is 6.42 Å². The highest BCUT2D eigenvalue weighted by Gasteiger charge is 2.19. The van der Waals surface area contributed by atoms with Crippen LogP contribution in [0.1, 0.15) is 17.9 Å². The number of aromatic nitrogens is 4. The topological polar surface area (TPSA) is 55.6 Å². The van der Waals surface area contributed by atoms with Gasteiger partial charge in [-0.3, -0.25) is 0 Å². The molecule has 22 heavy (non-hydrogen) atoms. The van der Waals surface area contributed by atoms with Crippen molar-refractivity contribution in [3.63, 3.8) is 0 Å². The summed E-state index contributed by atoms with van der Waals surface area (Å²) in [5.74, 6) is 1.10. The molecular formula is C16H17N5S. The Morgan fingerprint density at radius 2 is 2.18 bits per heavy atom. The summed E-state index contributed by atoms with van der Waals surface area (Å²) in [7, 11) is 0. The minimum Gasteiger partial charge on any atom is -0.306 e. The van der Waals surface area contributed by atoms with E-state index in [2.05, 4.69) is 32.9 Å². The minimum absolute atomic E-state index is 0.441. The van der Waals surface area contributed by atoms with E-state index in [1.807, 2.05) is 22.9 Å². The van der Waals surface area contributed by atoms with Crippen LogP contribution >= 0.6 is 11.3 Å². The van der Waals surface area contributed by atoms with E-state index in [1.165, 1.54) is 5.56 Å². The average molecular weight is 311 g/mol. The SMILES string of the molecule is c1ccc(-c2nc(CNC3CCc4ncnn4C3)cs2)cc1. The zero-order chi connectivity index (χ0) is 14.8. The summed E-state index contributed by atoms with van der Waals surface area (Å²) in [5.41, 5.74) is 2.29. The van der Waals surface area contributed by atoms with Crippen molar-refractivity contribution in [1.82, 2.24) is 25.1 Å². The average Bonchev–Trinajstić information content (AvgIpc) is 3.22. The third kappa shape index (κ3) is 2.80. The van der Waals surface area contributed by atoms with Gasteiger partial charge in [0.1, 0.15) is 17.2 Å². The lowest BCUT2D eigenvalue weighted by Gasteiger charge is -2.23. The van der Waals surface area contributed by atoms with Crippen molar-refractivity contribution >= 4 is 11.3 Å². The molecule has 1 aliphatic rings. The third-order valence-electron chi connectivity index (χ3n) is 3.95. The van der Waals surface area contributed by atoms with Crippen LogP contribution in [0.3, 0.4) is 0 Å². The molecule has 1 atom stereocenters. The molecule has 0 amide bonds. The summed E-state index contributed by atoms with van der Waals surface area (Å²) in [6.45, 7) is 1.70. The number of nitrogens with one attached hydrogen (secondary N) is 1. The molecule has 0 radical (unpaired) electrons. The summed E-state index contributed by atoms with van der Waals surface area (Å²) in [5, 5.41) is 11.1. The van der Waals surface area contributed by atoms with Gasteiger partial charge in [0.25, 0.3) is 0 Å². The zero-order valence-electron chi connectivity index (χ0n) is 12.1. The van der Waals surface area contributed by atoms with Crippen molar-refractivity contribution in [3.8, 4) is 10.6 Å². The maximum absolute atomic E-state index is 4.72. The lowest BCUT2D eigenvalue weighted by atomic mass is 10.1. The number of hydrogen-bond acceptors (Lipinski definition) is 5. The molecule has 1 aliphatic heterocycles. The monoisotopic (exact) mass is 311 g/mol. The summed E-state index contributed by atoms with van der Waals surface area (Å²) < 4.78 is 2.00. The molecule has 3 aromatic rings. The Kier molecular flexibility index (Phi) is 3.70. The van der Waals surface area contributed by atoms with Crippen molar-refractivity contribution in [2.75, 3.05) is 0 Å². The molecule has 0 saturated carbocycles. The largest absolute Gasteiger partial charge is 0.306 e. The molecular weight excluding hydrogens is 294 g/mol. The van der Waals surface area contributed by atoms with Crippen LogP contribution in [0.15, 0.2) is 42.0 Å². The van der Waals surface area contributed by atoms with Crippen LogP contribution in [0.5, 0.6) is 0 Å². The summed E-state index contributed by atoms with van der Waals surface area (Å²) in [6.07, 6.45) is 3.74. The van der Waals surface area contributed by atoms with Gasteiger partial charge in [0.2, 0.25) is 0 Å². The third-order valence-corrected chi connectivity index (χ3v) is 4.89. The maximum atomic E-state index is 4.72. The van der Waals surface area contributed by atoms with Gasteiger partial charge in [-0.2, -0.15) is 5.10 Å². The quantitative estimate of drug-likeness (QED) is 0.804. The molecule has 0 aliphatic carbocycles. The molecule has 4 rings (SSSR count). The minimum atomic E-state index is 0.441. The highest BCUT2D eigenvalue weighted by Crippen LogP contribution is 2.23. The molecule has 0 fully saturated rings. The van der Waals surface area contributed by atoms with Gasteiger partial charge in [-0.15, -0.1) is 11.3 Å². The van der Waals surface area contributed by atoms with Crippen LogP contribution in [-0.4, -0.2) is 25.8 Å². The molecule has 1 aromatic carbocycles. The normalized spacial score (nSPS) is 17.4. The first kappa shape index (κ1) is 13.6. The Bertz CT molecular complexity index is 749. The number of nitrogens with zero attached hydrogens (tertiary/aromatic N) is 4. The Morgan fingerprint density at radius 3 is 3.09 bits per heavy atom. The number of fused-ring (bicyclic) bond motifs is 1. The second-order valence-corrected chi connectivity index (χ2v) is 6.34. The van der Waals surface area contributed by atoms with Crippen molar-refractivity contribution < 1.29 is 0 Å². The van der Waals surface area contributed by atoms with Crippen molar-refractivity contribution in [3.05, 3.63) is 53.6 Å². The van der Waals surface area contributed by atoms with Crippen molar-refractivity contribution in [2.45, 2.75) is 32.0 Å². The fourth-order valence-electron chi connectivity index (χ4n) is 2.75. The molecule has 6 heteroatoms. The fraction of sp³-hybridized carbons (Fsp3) is 0.312. The van der Waals surface area contributed by atoms with Gasteiger partial charge in [0.15, 0.2) is 0 Å². The van der Waals surface area contributed by atoms with E-state index in [9.17, 15) is 0 Å². The zero-order valence-corrected chi connectivity index (χ0v) is 13.0. The molecule has 0 spiro atoms. The van der Waals surface area contributed by atoms with Gasteiger partial charge in [0.05, 0.1) is 12.2 Å². The highest BCUT2D eigenvalue weighted by molar-refractivity contribution is 7.13. The first-order chi connectivity index (χ1) is 10.9. The lowest BCUT2D eigenvalue weighted by molar-refractivity contribution is 0.357. The Hall–Kier alpha value is -2.05. The maximum Gasteiger partial charge on any atom is 0.138 e. The van der Waals surface area contributed by atoms with Crippen LogP contribution in [0.4, 0.5) is 0 Å². The smallest absolute Gasteiger partial charge is 0.138 e. The molecule has 0 saturated heterocycles. The second kappa shape index (κ2) is 5.98. The molecule has 2 aromatic heterocycles. The van der Waals surface area contributed by atoms with Crippen molar-refractivity contribution in [1.29, 1.82) is 0 Å². The predicted molar refractivity (Wildman–Crippen MR) is 86.5 cm³/mol. The fourth-order valence-corrected chi connectivity index (χ4v) is 3.58. The molecule has 0 bridgehead atoms. The number of benzene rings is 1. The summed E-state index contributed by atoms with van der Waals surface area (Å²) in [4.78, 5) is 8.98. The van der Waals surface area contributed by atoms with E-state index in [-0.39, 0.29) is 0 Å². The standard InChI is InChI=1S/C16H17N5S/c1-2-4-12(5-3-1)16-20-14(10-22-16)8-17-13-6-7-15-18-11-19-21(15)9-13/h1-5,10-11,13,17H,6-9H2. The first-order valence-electron chi connectivity index (χ1n) is 7.48. The number of thiazole rings is 1. The molecule has 3 heterocycles. The van der Waals surface area contributed by atoms with E-state index in [1.54, 1.807) is 17.7 Å². The van der Waals surface area contributed by atoms with E-state index in [4.69, 9.17) is 4.98 Å². The Balaban J connectivity index is 1.38. The van der Waals surface area contributed by atoms with Crippen LogP contribution in [0, 0.1) is 0 Å². The summed E-state index contributed by atoms with van der Waals surface area (Å²) >= 11 is 1.70. The second-order valence-electron chi connectivity index (χ2n) is 5.48. The van der Waals surface area contributed by atoms with Crippen LogP contribution in [0.25, 0.3) is 10.6 Å². The lowest BCUT2D eigenvalue weighted by Crippen LogP contribution is -2.37. The van der Waals surface area contributed by atoms with Crippen LogP contribution in [-0.2, 0) is 19.5 Å². The van der Waals surface area contributed by atoms with E-state index in [0.29, 0.717) is 6.04 Å². The molecule has 1 N–H and O–H groups in total. The first-order valence-corrected chi connectivity index (χ1v) is 8.36. The van der Waals surface area contributed by atoms with E-state index in [0.717, 1.165) is 42.5 Å². The van der Waals surface area contributed by atoms with Gasteiger partial charge < -0.3 is 5.32 Å². The van der Waals surface area contributed by atoms with E-state index < -0.39 is 0 Å². The molecule has 5 nitrogen and oxygen atoms in total. The number of aryl methyl sites for hydroxylation is 1. The number of rotatable bonds is 4. The number of hydrogen-bond donors (Lipinski definition) is 1. The van der Waals surface area contributed by atoms with Crippen molar-refractivity contribution in [2.24, 2.45) is 0 Å². The van der Waals surface area contributed by atoms with E-state index >= 15 is 0 Å². The van der Waals surface area contributed by atoms with Gasteiger partial charge in [-0.1, -0.05) is 30.3 Å². The van der Waals surface area contributed by atoms with Crippen LogP contribution < -0.4 is 5.32 Å². The molecule has 1 unspecified atom stereocenters. The van der Waals surface area contributed by atoms with Gasteiger partial charge in [-0.25, -0.2) is 14.6 Å². The highest BCUT2D eigenvalue weighted by atomic mass is 32.1.